The minimum atomic E-state index is -0.644. The molecule has 0 unspecified atom stereocenters. The lowest BCUT2D eigenvalue weighted by Gasteiger charge is -2.20. The van der Waals surface area contributed by atoms with Crippen LogP contribution in [0.4, 0.5) is 8.78 Å². The number of hydrogen-bond donors (Lipinski definition) is 0. The molecule has 0 aliphatic heterocycles. The van der Waals surface area contributed by atoms with Crippen molar-refractivity contribution in [3.8, 4) is 0 Å². The molecule has 19 heavy (non-hydrogen) atoms. The quantitative estimate of drug-likeness (QED) is 0.707. The Kier molecular flexibility index (Phi) is 4.64. The third kappa shape index (κ3) is 4.10. The van der Waals surface area contributed by atoms with Crippen LogP contribution in [0.3, 0.4) is 0 Å². The Hall–Kier alpha value is -1.29. The van der Waals surface area contributed by atoms with E-state index in [2.05, 4.69) is 0 Å². The minimum absolute atomic E-state index is 0.142. The Morgan fingerprint density at radius 1 is 1.37 bits per heavy atom. The molecule has 0 amide bonds. The van der Waals surface area contributed by atoms with Gasteiger partial charge in [-0.1, -0.05) is 6.92 Å². The highest BCUT2D eigenvalue weighted by Gasteiger charge is 2.25. The summed E-state index contributed by atoms with van der Waals surface area (Å²) in [6.45, 7) is 3.92. The third-order valence-electron chi connectivity index (χ3n) is 3.35. The minimum Gasteiger partial charge on any atom is -0.296 e. The number of carbonyl (C=O) groups is 1. The summed E-state index contributed by atoms with van der Waals surface area (Å²) in [5.41, 5.74) is -0.142. The van der Waals surface area contributed by atoms with Crippen LogP contribution in [-0.2, 0) is 0 Å². The van der Waals surface area contributed by atoms with E-state index in [-0.39, 0.29) is 17.9 Å². The number of benzene rings is 1. The first-order valence-corrected chi connectivity index (χ1v) is 6.80. The number of rotatable bonds is 7. The first kappa shape index (κ1) is 14.1. The van der Waals surface area contributed by atoms with E-state index in [1.54, 1.807) is 0 Å². The summed E-state index contributed by atoms with van der Waals surface area (Å²) in [5, 5.41) is 0. The number of carbonyl (C=O) groups excluding carboxylic acids is 1. The number of ketones is 1. The molecule has 0 bridgehead atoms. The van der Waals surface area contributed by atoms with Crippen LogP contribution >= 0.6 is 0 Å². The fourth-order valence-corrected chi connectivity index (χ4v) is 2.22. The van der Waals surface area contributed by atoms with E-state index in [0.717, 1.165) is 37.7 Å². The third-order valence-corrected chi connectivity index (χ3v) is 3.35. The van der Waals surface area contributed by atoms with Gasteiger partial charge in [0.05, 0.1) is 12.1 Å². The first-order chi connectivity index (χ1) is 9.10. The SMILES string of the molecule is CCCN(CC(=O)c1cc(F)ccc1F)CC1CC1. The molecule has 104 valence electrons. The fourth-order valence-electron chi connectivity index (χ4n) is 2.22. The van der Waals surface area contributed by atoms with Gasteiger partial charge in [-0.2, -0.15) is 0 Å². The zero-order valence-electron chi connectivity index (χ0n) is 11.2. The van der Waals surface area contributed by atoms with Gasteiger partial charge < -0.3 is 0 Å². The Bertz CT molecular complexity index is 457. The molecule has 2 rings (SSSR count). The van der Waals surface area contributed by atoms with E-state index in [4.69, 9.17) is 0 Å². The number of halogens is 2. The van der Waals surface area contributed by atoms with Crippen molar-refractivity contribution in [2.75, 3.05) is 19.6 Å². The van der Waals surface area contributed by atoms with Gasteiger partial charge in [0, 0.05) is 6.54 Å². The average Bonchev–Trinajstić information content (AvgIpc) is 3.16. The van der Waals surface area contributed by atoms with E-state index in [9.17, 15) is 13.6 Å². The molecule has 0 radical (unpaired) electrons. The average molecular weight is 267 g/mol. The van der Waals surface area contributed by atoms with Crippen molar-refractivity contribution in [2.24, 2.45) is 5.92 Å². The van der Waals surface area contributed by atoms with Gasteiger partial charge in [0.25, 0.3) is 0 Å². The number of nitrogens with zero attached hydrogens (tertiary/aromatic N) is 1. The summed E-state index contributed by atoms with van der Waals surface area (Å²) < 4.78 is 26.6. The molecule has 1 fully saturated rings. The summed E-state index contributed by atoms with van der Waals surface area (Å²) in [5.74, 6) is -0.883. The smallest absolute Gasteiger partial charge is 0.179 e. The number of hydrogen-bond acceptors (Lipinski definition) is 2. The lowest BCUT2D eigenvalue weighted by Crippen LogP contribution is -2.32. The second kappa shape index (κ2) is 6.24. The molecule has 0 atom stereocenters. The molecule has 1 aromatic rings. The van der Waals surface area contributed by atoms with Gasteiger partial charge >= 0.3 is 0 Å². The van der Waals surface area contributed by atoms with Gasteiger partial charge in [0.1, 0.15) is 11.6 Å². The highest BCUT2D eigenvalue weighted by Crippen LogP contribution is 2.29. The van der Waals surface area contributed by atoms with Crippen LogP contribution < -0.4 is 0 Å². The van der Waals surface area contributed by atoms with Crippen molar-refractivity contribution >= 4 is 5.78 Å². The van der Waals surface area contributed by atoms with E-state index >= 15 is 0 Å². The van der Waals surface area contributed by atoms with E-state index in [1.165, 1.54) is 12.8 Å². The van der Waals surface area contributed by atoms with Crippen molar-refractivity contribution in [1.82, 2.24) is 4.90 Å². The Morgan fingerprint density at radius 2 is 2.11 bits per heavy atom. The van der Waals surface area contributed by atoms with Gasteiger partial charge in [0.2, 0.25) is 0 Å². The zero-order valence-corrected chi connectivity index (χ0v) is 11.2. The Morgan fingerprint density at radius 3 is 2.74 bits per heavy atom. The molecule has 0 saturated heterocycles. The predicted molar refractivity (Wildman–Crippen MR) is 70.1 cm³/mol. The maximum absolute atomic E-state index is 13.5. The van der Waals surface area contributed by atoms with Crippen LogP contribution in [-0.4, -0.2) is 30.3 Å². The van der Waals surface area contributed by atoms with Crippen LogP contribution in [0.2, 0.25) is 0 Å². The highest BCUT2D eigenvalue weighted by molar-refractivity contribution is 5.97. The van der Waals surface area contributed by atoms with E-state index in [1.807, 2.05) is 11.8 Å². The first-order valence-electron chi connectivity index (χ1n) is 6.80. The van der Waals surface area contributed by atoms with Crippen molar-refractivity contribution in [2.45, 2.75) is 26.2 Å². The molecule has 0 aromatic heterocycles. The maximum atomic E-state index is 13.5. The second-order valence-electron chi connectivity index (χ2n) is 5.23. The van der Waals surface area contributed by atoms with Crippen molar-refractivity contribution in [3.63, 3.8) is 0 Å². The largest absolute Gasteiger partial charge is 0.296 e. The molecule has 0 N–H and O–H groups in total. The van der Waals surface area contributed by atoms with Crippen molar-refractivity contribution < 1.29 is 13.6 Å². The molecule has 2 nitrogen and oxygen atoms in total. The summed E-state index contributed by atoms with van der Waals surface area (Å²) in [7, 11) is 0. The maximum Gasteiger partial charge on any atom is 0.179 e. The van der Waals surface area contributed by atoms with Crippen LogP contribution in [0, 0.1) is 17.6 Å². The molecule has 1 saturated carbocycles. The van der Waals surface area contributed by atoms with Crippen LogP contribution in [0.15, 0.2) is 18.2 Å². The summed E-state index contributed by atoms with van der Waals surface area (Å²) in [6, 6.07) is 3.02. The van der Waals surface area contributed by atoms with E-state index in [0.29, 0.717) is 5.92 Å². The topological polar surface area (TPSA) is 20.3 Å². The van der Waals surface area contributed by atoms with Crippen molar-refractivity contribution in [1.29, 1.82) is 0 Å². The van der Waals surface area contributed by atoms with Crippen LogP contribution in [0.1, 0.15) is 36.5 Å². The molecule has 1 aliphatic carbocycles. The Balaban J connectivity index is 2.02. The lowest BCUT2D eigenvalue weighted by atomic mass is 10.1. The molecular formula is C15H19F2NO. The summed E-state index contributed by atoms with van der Waals surface area (Å²) >= 11 is 0. The van der Waals surface area contributed by atoms with Crippen LogP contribution in [0.5, 0.6) is 0 Å². The molecular weight excluding hydrogens is 248 g/mol. The second-order valence-corrected chi connectivity index (χ2v) is 5.23. The normalized spacial score (nSPS) is 14.9. The predicted octanol–water partition coefficient (Wildman–Crippen LogP) is 3.27. The van der Waals surface area contributed by atoms with Crippen LogP contribution in [0.25, 0.3) is 0 Å². The van der Waals surface area contributed by atoms with Crippen molar-refractivity contribution in [3.05, 3.63) is 35.4 Å². The summed E-state index contributed by atoms with van der Waals surface area (Å²) in [6.07, 6.45) is 3.37. The zero-order chi connectivity index (χ0) is 13.8. The fraction of sp³-hybridized carbons (Fsp3) is 0.533. The van der Waals surface area contributed by atoms with Gasteiger partial charge in [-0.3, -0.25) is 9.69 Å². The Labute approximate surface area is 112 Å². The van der Waals surface area contributed by atoms with E-state index < -0.39 is 11.6 Å². The highest BCUT2D eigenvalue weighted by atomic mass is 19.1. The molecule has 0 heterocycles. The monoisotopic (exact) mass is 267 g/mol. The van der Waals surface area contributed by atoms with Gasteiger partial charge in [-0.25, -0.2) is 8.78 Å². The molecule has 4 heteroatoms. The standard InChI is InChI=1S/C15H19F2NO/c1-2-7-18(9-11-3-4-11)10-15(19)13-8-12(16)5-6-14(13)17/h5-6,8,11H,2-4,7,9-10H2,1H3. The van der Waals surface area contributed by atoms with Gasteiger partial charge in [-0.15, -0.1) is 0 Å². The molecule has 1 aliphatic rings. The molecule has 1 aromatic carbocycles. The number of Topliss-reactive ketones (excluding diaryl/α,β-unsaturated/α-hetero) is 1. The molecule has 0 spiro atoms. The van der Waals surface area contributed by atoms with Gasteiger partial charge in [-0.05, 0) is 49.9 Å². The summed E-state index contributed by atoms with van der Waals surface area (Å²) in [4.78, 5) is 14.1. The van der Waals surface area contributed by atoms with Gasteiger partial charge in [0.15, 0.2) is 5.78 Å². The lowest BCUT2D eigenvalue weighted by molar-refractivity contribution is 0.0923.